The molecule has 0 fully saturated rings. The standard InChI is InChI=1S/C15H24O3/c1-4-5-6-7-10-18-12-13-8-9-14(16-2)15(11-13)17-3/h8-9,11H,4-7,10,12H2,1-3H3. The van der Waals surface area contributed by atoms with Gasteiger partial charge in [0.2, 0.25) is 0 Å². The molecule has 0 atom stereocenters. The smallest absolute Gasteiger partial charge is 0.161 e. The van der Waals surface area contributed by atoms with Crippen molar-refractivity contribution in [1.29, 1.82) is 0 Å². The van der Waals surface area contributed by atoms with Crippen LogP contribution in [-0.4, -0.2) is 20.8 Å². The summed E-state index contributed by atoms with van der Waals surface area (Å²) in [7, 11) is 3.29. The average Bonchev–Trinajstić information content (AvgIpc) is 2.42. The molecule has 0 bridgehead atoms. The summed E-state index contributed by atoms with van der Waals surface area (Å²) in [6, 6.07) is 5.88. The van der Waals surface area contributed by atoms with Gasteiger partial charge in [-0.15, -0.1) is 0 Å². The summed E-state index contributed by atoms with van der Waals surface area (Å²) in [5.74, 6) is 1.51. The summed E-state index contributed by atoms with van der Waals surface area (Å²) in [4.78, 5) is 0. The highest BCUT2D eigenvalue weighted by Gasteiger charge is 2.04. The lowest BCUT2D eigenvalue weighted by Crippen LogP contribution is -1.97. The largest absolute Gasteiger partial charge is 0.493 e. The third-order valence-corrected chi connectivity index (χ3v) is 2.86. The lowest BCUT2D eigenvalue weighted by molar-refractivity contribution is 0.116. The molecule has 0 radical (unpaired) electrons. The SMILES string of the molecule is CCCCCCOCc1ccc(OC)c(OC)c1. The first-order valence-corrected chi connectivity index (χ1v) is 6.60. The van der Waals surface area contributed by atoms with Crippen LogP contribution in [0, 0.1) is 0 Å². The van der Waals surface area contributed by atoms with Crippen LogP contribution < -0.4 is 9.47 Å². The Balaban J connectivity index is 2.34. The summed E-state index contributed by atoms with van der Waals surface area (Å²) in [6.07, 6.45) is 4.94. The molecular weight excluding hydrogens is 228 g/mol. The summed E-state index contributed by atoms with van der Waals surface area (Å²) in [5, 5.41) is 0. The second-order valence-electron chi connectivity index (χ2n) is 4.30. The molecule has 1 aromatic carbocycles. The maximum atomic E-state index is 5.64. The zero-order valence-corrected chi connectivity index (χ0v) is 11.7. The van der Waals surface area contributed by atoms with Gasteiger partial charge in [0, 0.05) is 6.61 Å². The topological polar surface area (TPSA) is 27.7 Å². The van der Waals surface area contributed by atoms with Gasteiger partial charge >= 0.3 is 0 Å². The predicted molar refractivity (Wildman–Crippen MR) is 73.3 cm³/mol. The Labute approximate surface area is 110 Å². The molecule has 0 unspecified atom stereocenters. The Morgan fingerprint density at radius 1 is 0.944 bits per heavy atom. The van der Waals surface area contributed by atoms with Crippen molar-refractivity contribution in [3.05, 3.63) is 23.8 Å². The van der Waals surface area contributed by atoms with Crippen LogP contribution in [0.5, 0.6) is 11.5 Å². The zero-order valence-electron chi connectivity index (χ0n) is 11.7. The van der Waals surface area contributed by atoms with Crippen molar-refractivity contribution < 1.29 is 14.2 Å². The van der Waals surface area contributed by atoms with Crippen molar-refractivity contribution in [3.63, 3.8) is 0 Å². The highest BCUT2D eigenvalue weighted by atomic mass is 16.5. The number of hydrogen-bond acceptors (Lipinski definition) is 3. The molecular formula is C15H24O3. The lowest BCUT2D eigenvalue weighted by atomic mass is 10.2. The van der Waals surface area contributed by atoms with Crippen LogP contribution in [0.25, 0.3) is 0 Å². The molecule has 102 valence electrons. The first-order chi connectivity index (χ1) is 8.81. The van der Waals surface area contributed by atoms with Crippen LogP contribution in [0.1, 0.15) is 38.2 Å². The molecule has 0 spiro atoms. The normalized spacial score (nSPS) is 10.4. The van der Waals surface area contributed by atoms with Gasteiger partial charge in [0.05, 0.1) is 20.8 Å². The average molecular weight is 252 g/mol. The molecule has 0 aliphatic heterocycles. The molecule has 0 amide bonds. The highest BCUT2D eigenvalue weighted by molar-refractivity contribution is 5.42. The van der Waals surface area contributed by atoms with Crippen LogP contribution in [0.15, 0.2) is 18.2 Å². The van der Waals surface area contributed by atoms with Crippen LogP contribution >= 0.6 is 0 Å². The van der Waals surface area contributed by atoms with Gasteiger partial charge in [0.1, 0.15) is 0 Å². The fourth-order valence-corrected chi connectivity index (χ4v) is 1.79. The fourth-order valence-electron chi connectivity index (χ4n) is 1.79. The van der Waals surface area contributed by atoms with Crippen LogP contribution in [0.4, 0.5) is 0 Å². The first kappa shape index (κ1) is 14.8. The molecule has 0 aliphatic carbocycles. The molecule has 1 aromatic rings. The Bertz CT molecular complexity index is 337. The van der Waals surface area contributed by atoms with Crippen LogP contribution in [-0.2, 0) is 11.3 Å². The molecule has 3 heteroatoms. The number of benzene rings is 1. The third-order valence-electron chi connectivity index (χ3n) is 2.86. The fraction of sp³-hybridized carbons (Fsp3) is 0.600. The van der Waals surface area contributed by atoms with E-state index in [-0.39, 0.29) is 0 Å². The highest BCUT2D eigenvalue weighted by Crippen LogP contribution is 2.27. The van der Waals surface area contributed by atoms with Gasteiger partial charge in [0.25, 0.3) is 0 Å². The van der Waals surface area contributed by atoms with E-state index in [0.29, 0.717) is 6.61 Å². The van der Waals surface area contributed by atoms with Crippen molar-refractivity contribution in [3.8, 4) is 11.5 Å². The molecule has 0 heterocycles. The van der Waals surface area contributed by atoms with E-state index >= 15 is 0 Å². The maximum absolute atomic E-state index is 5.64. The minimum absolute atomic E-state index is 0.631. The van der Waals surface area contributed by atoms with E-state index in [1.165, 1.54) is 19.3 Å². The van der Waals surface area contributed by atoms with E-state index in [2.05, 4.69) is 6.92 Å². The van der Waals surface area contributed by atoms with E-state index in [4.69, 9.17) is 14.2 Å². The summed E-state index contributed by atoms with van der Waals surface area (Å²) in [5.41, 5.74) is 1.11. The van der Waals surface area contributed by atoms with Crippen molar-refractivity contribution in [1.82, 2.24) is 0 Å². The second kappa shape index (κ2) is 8.81. The molecule has 1 rings (SSSR count). The van der Waals surface area contributed by atoms with E-state index in [9.17, 15) is 0 Å². The molecule has 3 nitrogen and oxygen atoms in total. The number of methoxy groups -OCH3 is 2. The monoisotopic (exact) mass is 252 g/mol. The van der Waals surface area contributed by atoms with E-state index in [1.807, 2.05) is 18.2 Å². The summed E-state index contributed by atoms with van der Waals surface area (Å²) < 4.78 is 16.1. The Morgan fingerprint density at radius 3 is 2.39 bits per heavy atom. The van der Waals surface area contributed by atoms with E-state index in [1.54, 1.807) is 14.2 Å². The van der Waals surface area contributed by atoms with Gasteiger partial charge in [0.15, 0.2) is 11.5 Å². The first-order valence-electron chi connectivity index (χ1n) is 6.60. The lowest BCUT2D eigenvalue weighted by Gasteiger charge is -2.10. The maximum Gasteiger partial charge on any atom is 0.161 e. The quantitative estimate of drug-likeness (QED) is 0.626. The molecule has 0 aromatic heterocycles. The molecule has 0 aliphatic rings. The predicted octanol–water partition coefficient (Wildman–Crippen LogP) is 3.80. The van der Waals surface area contributed by atoms with Gasteiger partial charge in [-0.25, -0.2) is 0 Å². The zero-order chi connectivity index (χ0) is 13.2. The third kappa shape index (κ3) is 4.96. The van der Waals surface area contributed by atoms with Gasteiger partial charge in [-0.2, -0.15) is 0 Å². The number of rotatable bonds is 9. The molecule has 0 saturated carbocycles. The minimum Gasteiger partial charge on any atom is -0.493 e. The summed E-state index contributed by atoms with van der Waals surface area (Å²) in [6.45, 7) is 3.67. The molecule has 0 N–H and O–H groups in total. The number of hydrogen-bond donors (Lipinski definition) is 0. The number of ether oxygens (including phenoxy) is 3. The van der Waals surface area contributed by atoms with E-state index in [0.717, 1.165) is 30.1 Å². The summed E-state index contributed by atoms with van der Waals surface area (Å²) >= 11 is 0. The van der Waals surface area contributed by atoms with Crippen molar-refractivity contribution >= 4 is 0 Å². The van der Waals surface area contributed by atoms with Gasteiger partial charge in [-0.3, -0.25) is 0 Å². The van der Waals surface area contributed by atoms with E-state index < -0.39 is 0 Å². The molecule has 18 heavy (non-hydrogen) atoms. The van der Waals surface area contributed by atoms with Gasteiger partial charge in [-0.1, -0.05) is 32.3 Å². The Hall–Kier alpha value is -1.22. The Morgan fingerprint density at radius 2 is 1.72 bits per heavy atom. The van der Waals surface area contributed by atoms with Crippen LogP contribution in [0.2, 0.25) is 0 Å². The van der Waals surface area contributed by atoms with Crippen LogP contribution in [0.3, 0.4) is 0 Å². The molecule has 0 saturated heterocycles. The van der Waals surface area contributed by atoms with Crippen molar-refractivity contribution in [2.45, 2.75) is 39.2 Å². The second-order valence-corrected chi connectivity index (χ2v) is 4.30. The van der Waals surface area contributed by atoms with Gasteiger partial charge in [-0.05, 0) is 24.1 Å². The minimum atomic E-state index is 0.631. The van der Waals surface area contributed by atoms with Crippen molar-refractivity contribution in [2.75, 3.05) is 20.8 Å². The Kier molecular flexibility index (Phi) is 7.26. The van der Waals surface area contributed by atoms with Gasteiger partial charge < -0.3 is 14.2 Å². The van der Waals surface area contributed by atoms with Crippen molar-refractivity contribution in [2.24, 2.45) is 0 Å². The number of unbranched alkanes of at least 4 members (excludes halogenated alkanes) is 3.